The molecular formula is C24H23N5O2S. The van der Waals surface area contributed by atoms with Crippen molar-refractivity contribution < 1.29 is 9.53 Å². The van der Waals surface area contributed by atoms with Gasteiger partial charge in [0.25, 0.3) is 0 Å². The van der Waals surface area contributed by atoms with Crippen LogP contribution in [-0.4, -0.2) is 27.7 Å². The Bertz CT molecular complexity index is 1180. The lowest BCUT2D eigenvalue weighted by Crippen LogP contribution is -2.16. The molecule has 2 aromatic heterocycles. The van der Waals surface area contributed by atoms with Crippen molar-refractivity contribution in [3.63, 3.8) is 0 Å². The fourth-order valence-corrected chi connectivity index (χ4v) is 3.84. The smallest absolute Gasteiger partial charge is 0.413 e. The number of nitrogens with one attached hydrogen (secondary N) is 2. The molecule has 0 unspecified atom stereocenters. The molecule has 0 bridgehead atoms. The van der Waals surface area contributed by atoms with Crippen LogP contribution in [0.5, 0.6) is 0 Å². The van der Waals surface area contributed by atoms with E-state index in [0.29, 0.717) is 23.4 Å². The number of hydrogen-bond acceptors (Lipinski definition) is 7. The normalized spacial score (nSPS) is 10.7. The third kappa shape index (κ3) is 5.47. The van der Waals surface area contributed by atoms with Gasteiger partial charge in [-0.3, -0.25) is 5.32 Å². The molecule has 2 aromatic carbocycles. The van der Waals surface area contributed by atoms with Crippen molar-refractivity contribution in [2.24, 2.45) is 5.92 Å². The molecule has 32 heavy (non-hydrogen) atoms. The Morgan fingerprint density at radius 2 is 1.72 bits per heavy atom. The molecule has 0 saturated heterocycles. The molecule has 0 aliphatic heterocycles. The summed E-state index contributed by atoms with van der Waals surface area (Å²) < 4.78 is 5.23. The Hall–Kier alpha value is -3.78. The fourth-order valence-electron chi connectivity index (χ4n) is 2.90. The van der Waals surface area contributed by atoms with E-state index in [1.165, 1.54) is 11.3 Å². The quantitative estimate of drug-likeness (QED) is 0.351. The van der Waals surface area contributed by atoms with E-state index in [0.717, 1.165) is 21.8 Å². The highest BCUT2D eigenvalue weighted by Gasteiger charge is 2.18. The Labute approximate surface area is 190 Å². The average molecular weight is 446 g/mol. The number of para-hydroxylation sites is 1. The summed E-state index contributed by atoms with van der Waals surface area (Å²) in [5, 5.41) is 6.40. The van der Waals surface area contributed by atoms with Gasteiger partial charge >= 0.3 is 6.09 Å². The van der Waals surface area contributed by atoms with Crippen LogP contribution in [0.15, 0.2) is 72.9 Å². The first-order valence-electron chi connectivity index (χ1n) is 10.2. The van der Waals surface area contributed by atoms with Crippen LogP contribution in [-0.2, 0) is 4.74 Å². The lowest BCUT2D eigenvalue weighted by Gasteiger charge is -2.06. The highest BCUT2D eigenvalue weighted by molar-refractivity contribution is 7.19. The Kier molecular flexibility index (Phi) is 6.72. The summed E-state index contributed by atoms with van der Waals surface area (Å²) in [6.45, 7) is 4.31. The van der Waals surface area contributed by atoms with Crippen molar-refractivity contribution in [2.45, 2.75) is 13.8 Å². The van der Waals surface area contributed by atoms with Gasteiger partial charge in [-0.05, 0) is 24.1 Å². The molecule has 7 nitrogen and oxygen atoms in total. The average Bonchev–Trinajstić information content (AvgIpc) is 3.23. The maximum Gasteiger partial charge on any atom is 0.413 e. The minimum atomic E-state index is -0.521. The number of nitrogens with zero attached hydrogens (tertiary/aromatic N) is 3. The number of benzene rings is 2. The molecule has 2 N–H and O–H groups in total. The Morgan fingerprint density at radius 1 is 1.00 bits per heavy atom. The molecule has 0 fully saturated rings. The first kappa shape index (κ1) is 21.5. The molecule has 0 aliphatic rings. The first-order chi connectivity index (χ1) is 15.6. The molecule has 4 aromatic rings. The number of aromatic nitrogens is 3. The van der Waals surface area contributed by atoms with E-state index in [9.17, 15) is 4.79 Å². The Morgan fingerprint density at radius 3 is 2.44 bits per heavy atom. The van der Waals surface area contributed by atoms with E-state index in [1.54, 1.807) is 6.20 Å². The maximum absolute atomic E-state index is 12.2. The second-order valence-electron chi connectivity index (χ2n) is 7.44. The molecule has 0 atom stereocenters. The van der Waals surface area contributed by atoms with Crippen LogP contribution in [0.25, 0.3) is 21.8 Å². The number of amides is 1. The molecule has 2 heterocycles. The second kappa shape index (κ2) is 10.0. The number of rotatable bonds is 7. The van der Waals surface area contributed by atoms with Crippen LogP contribution < -0.4 is 10.6 Å². The van der Waals surface area contributed by atoms with E-state index in [1.807, 2.05) is 80.6 Å². The van der Waals surface area contributed by atoms with Crippen LogP contribution >= 0.6 is 11.3 Å². The van der Waals surface area contributed by atoms with Crippen molar-refractivity contribution >= 4 is 34.2 Å². The second-order valence-corrected chi connectivity index (χ2v) is 8.44. The summed E-state index contributed by atoms with van der Waals surface area (Å²) >= 11 is 1.34. The van der Waals surface area contributed by atoms with Gasteiger partial charge < -0.3 is 10.1 Å². The van der Waals surface area contributed by atoms with Gasteiger partial charge in [-0.25, -0.2) is 19.7 Å². The number of hydrogen-bond donors (Lipinski definition) is 2. The minimum absolute atomic E-state index is 0.254. The monoisotopic (exact) mass is 445 g/mol. The molecule has 0 spiro atoms. The lowest BCUT2D eigenvalue weighted by atomic mass is 10.1. The lowest BCUT2D eigenvalue weighted by molar-refractivity contribution is 0.147. The minimum Gasteiger partial charge on any atom is -0.449 e. The zero-order valence-electron chi connectivity index (χ0n) is 17.8. The first-order valence-corrected chi connectivity index (χ1v) is 11.1. The van der Waals surface area contributed by atoms with Crippen LogP contribution in [0.2, 0.25) is 0 Å². The van der Waals surface area contributed by atoms with Crippen molar-refractivity contribution in [3.8, 4) is 21.8 Å². The zero-order valence-corrected chi connectivity index (χ0v) is 18.6. The summed E-state index contributed by atoms with van der Waals surface area (Å²) in [4.78, 5) is 26.7. The van der Waals surface area contributed by atoms with E-state index >= 15 is 0 Å². The van der Waals surface area contributed by atoms with Crippen molar-refractivity contribution in [3.05, 3.63) is 72.9 Å². The maximum atomic E-state index is 12.2. The van der Waals surface area contributed by atoms with Crippen LogP contribution in [0.1, 0.15) is 13.8 Å². The van der Waals surface area contributed by atoms with Gasteiger partial charge in [-0.1, -0.05) is 73.7 Å². The summed E-state index contributed by atoms with van der Waals surface area (Å²) in [7, 11) is 0. The molecule has 0 saturated carbocycles. The zero-order chi connectivity index (χ0) is 22.3. The van der Waals surface area contributed by atoms with Gasteiger partial charge in [0.05, 0.1) is 22.9 Å². The molecular weight excluding hydrogens is 422 g/mol. The number of ether oxygens (including phenoxy) is 1. The van der Waals surface area contributed by atoms with Crippen molar-refractivity contribution in [1.29, 1.82) is 0 Å². The van der Waals surface area contributed by atoms with E-state index in [-0.39, 0.29) is 5.92 Å². The predicted molar refractivity (Wildman–Crippen MR) is 128 cm³/mol. The van der Waals surface area contributed by atoms with Gasteiger partial charge in [0, 0.05) is 17.4 Å². The van der Waals surface area contributed by atoms with Gasteiger partial charge in [0.1, 0.15) is 0 Å². The van der Waals surface area contributed by atoms with Crippen LogP contribution in [0.4, 0.5) is 21.6 Å². The summed E-state index contributed by atoms with van der Waals surface area (Å²) in [6.07, 6.45) is 1.18. The number of carbonyl (C=O) groups excluding carboxylic acids is 1. The van der Waals surface area contributed by atoms with Gasteiger partial charge in [-0.15, -0.1) is 0 Å². The molecule has 162 valence electrons. The fraction of sp³-hybridized carbons (Fsp3) is 0.167. The summed E-state index contributed by atoms with van der Waals surface area (Å²) in [5.41, 5.74) is 3.27. The number of anilines is 3. The van der Waals surface area contributed by atoms with E-state index in [4.69, 9.17) is 4.74 Å². The third-order valence-electron chi connectivity index (χ3n) is 4.35. The molecule has 4 rings (SSSR count). The molecule has 0 aliphatic carbocycles. The van der Waals surface area contributed by atoms with Crippen molar-refractivity contribution in [2.75, 3.05) is 17.2 Å². The number of thiazole rings is 1. The van der Waals surface area contributed by atoms with Crippen LogP contribution in [0.3, 0.4) is 0 Å². The van der Waals surface area contributed by atoms with Crippen LogP contribution in [0, 0.1) is 5.92 Å². The highest BCUT2D eigenvalue weighted by Crippen LogP contribution is 2.38. The van der Waals surface area contributed by atoms with Crippen molar-refractivity contribution in [1.82, 2.24) is 15.0 Å². The number of carbonyl (C=O) groups is 1. The predicted octanol–water partition coefficient (Wildman–Crippen LogP) is 6.22. The molecule has 8 heteroatoms. The largest absolute Gasteiger partial charge is 0.449 e. The summed E-state index contributed by atoms with van der Waals surface area (Å²) in [6, 6.07) is 21.4. The van der Waals surface area contributed by atoms with E-state index in [2.05, 4.69) is 25.6 Å². The SMILES string of the molecule is CC(C)COC(=O)Nc1nc(-c2ccccc2)c(-c2ccnc(Nc3ccccc3)n2)s1. The van der Waals surface area contributed by atoms with Gasteiger partial charge in [-0.2, -0.15) is 0 Å². The molecule has 1 amide bonds. The topological polar surface area (TPSA) is 89.0 Å². The summed E-state index contributed by atoms with van der Waals surface area (Å²) in [5.74, 6) is 0.732. The third-order valence-corrected chi connectivity index (χ3v) is 5.34. The van der Waals surface area contributed by atoms with E-state index < -0.39 is 6.09 Å². The van der Waals surface area contributed by atoms with Gasteiger partial charge in [0.2, 0.25) is 5.95 Å². The molecule has 0 radical (unpaired) electrons. The standard InChI is InChI=1S/C24H23N5O2S/c1-16(2)15-31-24(30)29-23-28-20(17-9-5-3-6-10-17)21(32-23)19-13-14-25-22(27-19)26-18-11-7-4-8-12-18/h3-14,16H,15H2,1-2H3,(H,25,26,27)(H,28,29,30). The highest BCUT2D eigenvalue weighted by atomic mass is 32.1. The van der Waals surface area contributed by atoms with Gasteiger partial charge in [0.15, 0.2) is 5.13 Å². The Balaban J connectivity index is 1.65.